The molecule has 2 N–H and O–H groups in total. The molecule has 1 amide bonds. The van der Waals surface area contributed by atoms with E-state index < -0.39 is 6.04 Å². The zero-order chi connectivity index (χ0) is 13.0. The van der Waals surface area contributed by atoms with Crippen LogP contribution in [-0.4, -0.2) is 23.9 Å². The number of hydrogen-bond acceptors (Lipinski definition) is 2. The molecule has 1 rings (SSSR count). The summed E-state index contributed by atoms with van der Waals surface area (Å²) in [6.07, 6.45) is 0. The number of likely N-dealkylation sites (N-methyl/N-ethyl adjacent to an activating group) is 1. The van der Waals surface area contributed by atoms with Crippen molar-refractivity contribution < 1.29 is 4.79 Å². The predicted octanol–water partition coefficient (Wildman–Crippen LogP) is 2.23. The molecule has 0 aliphatic heterocycles. The van der Waals surface area contributed by atoms with E-state index in [4.69, 9.17) is 5.73 Å². The number of hydrogen-bond donors (Lipinski definition) is 1. The normalized spacial score (nSPS) is 12.6. The third-order valence-corrected chi connectivity index (χ3v) is 3.80. The van der Waals surface area contributed by atoms with E-state index >= 15 is 0 Å². The Morgan fingerprint density at radius 1 is 1.41 bits per heavy atom. The summed E-state index contributed by atoms with van der Waals surface area (Å²) >= 11 is 2.28. The average molecular weight is 346 g/mol. The molecule has 0 unspecified atom stereocenters. The lowest BCUT2D eigenvalue weighted by molar-refractivity contribution is -0.132. The fourth-order valence-electron chi connectivity index (χ4n) is 1.50. The summed E-state index contributed by atoms with van der Waals surface area (Å²) in [6.45, 7) is 4.53. The average Bonchev–Trinajstić information content (AvgIpc) is 2.30. The molecule has 0 saturated heterocycles. The highest BCUT2D eigenvalue weighted by Crippen LogP contribution is 2.14. The molecule has 17 heavy (non-hydrogen) atoms. The van der Waals surface area contributed by atoms with E-state index in [-0.39, 0.29) is 11.8 Å². The van der Waals surface area contributed by atoms with Gasteiger partial charge in [0.2, 0.25) is 5.91 Å². The van der Waals surface area contributed by atoms with Gasteiger partial charge in [0.15, 0.2) is 0 Å². The lowest BCUT2D eigenvalue weighted by Gasteiger charge is -2.23. The molecule has 0 aromatic heterocycles. The van der Waals surface area contributed by atoms with Crippen LogP contribution in [0.3, 0.4) is 0 Å². The summed E-state index contributed by atoms with van der Waals surface area (Å²) in [6, 6.07) is 7.63. The Labute approximate surface area is 117 Å². The number of rotatable bonds is 4. The highest BCUT2D eigenvalue weighted by molar-refractivity contribution is 14.1. The second-order valence-corrected chi connectivity index (χ2v) is 5.72. The van der Waals surface area contributed by atoms with E-state index in [2.05, 4.69) is 22.6 Å². The molecule has 1 aromatic rings. The van der Waals surface area contributed by atoms with Crippen LogP contribution in [0.5, 0.6) is 0 Å². The van der Waals surface area contributed by atoms with Gasteiger partial charge >= 0.3 is 0 Å². The first-order chi connectivity index (χ1) is 7.93. The van der Waals surface area contributed by atoms with E-state index in [1.807, 2.05) is 38.1 Å². The topological polar surface area (TPSA) is 46.3 Å². The third-order valence-electron chi connectivity index (χ3n) is 2.74. The van der Waals surface area contributed by atoms with Gasteiger partial charge in [-0.15, -0.1) is 0 Å². The summed E-state index contributed by atoms with van der Waals surface area (Å²) in [5, 5.41) is 0. The first-order valence-electron chi connectivity index (χ1n) is 5.67. The quantitative estimate of drug-likeness (QED) is 0.850. The van der Waals surface area contributed by atoms with Gasteiger partial charge in [-0.25, -0.2) is 0 Å². The van der Waals surface area contributed by atoms with Crippen LogP contribution in [0.1, 0.15) is 19.4 Å². The maximum atomic E-state index is 12.0. The Balaban J connectivity index is 2.70. The molecule has 1 aromatic carbocycles. The molecule has 3 nitrogen and oxygen atoms in total. The molecule has 0 fully saturated rings. The van der Waals surface area contributed by atoms with Crippen LogP contribution in [0, 0.1) is 9.49 Å². The summed E-state index contributed by atoms with van der Waals surface area (Å²) in [5.41, 5.74) is 7.01. The highest BCUT2D eigenvalue weighted by Gasteiger charge is 2.21. The van der Waals surface area contributed by atoms with Crippen molar-refractivity contribution >= 4 is 28.5 Å². The zero-order valence-corrected chi connectivity index (χ0v) is 12.6. The summed E-state index contributed by atoms with van der Waals surface area (Å²) in [7, 11) is 1.80. The Morgan fingerprint density at radius 3 is 2.53 bits per heavy atom. The number of carbonyl (C=O) groups excluding carboxylic acids is 1. The standard InChI is InChI=1S/C13H19IN2O/c1-9(2)12(15)13(17)16(3)8-10-6-4-5-7-11(10)14/h4-7,9,12H,8,15H2,1-3H3/t12-/m0/s1. The van der Waals surface area contributed by atoms with Crippen LogP contribution in [0.25, 0.3) is 0 Å². The summed E-state index contributed by atoms with van der Waals surface area (Å²) in [5.74, 6) is 0.166. The molecule has 94 valence electrons. The van der Waals surface area contributed by atoms with Crippen molar-refractivity contribution in [2.45, 2.75) is 26.4 Å². The van der Waals surface area contributed by atoms with Gasteiger partial charge in [0.25, 0.3) is 0 Å². The van der Waals surface area contributed by atoms with E-state index in [0.717, 1.165) is 5.56 Å². The number of nitrogens with zero attached hydrogens (tertiary/aromatic N) is 1. The maximum Gasteiger partial charge on any atom is 0.239 e. The molecule has 1 atom stereocenters. The van der Waals surface area contributed by atoms with Gasteiger partial charge in [-0.3, -0.25) is 4.79 Å². The number of halogens is 1. The third kappa shape index (κ3) is 3.96. The minimum absolute atomic E-state index is 0.000321. The van der Waals surface area contributed by atoms with E-state index in [9.17, 15) is 4.79 Å². The molecule has 4 heteroatoms. The number of carbonyl (C=O) groups is 1. The fourth-order valence-corrected chi connectivity index (χ4v) is 2.06. The maximum absolute atomic E-state index is 12.0. The molecule has 0 aliphatic rings. The van der Waals surface area contributed by atoms with E-state index in [1.165, 1.54) is 3.57 Å². The molecule has 0 bridgehead atoms. The van der Waals surface area contributed by atoms with Crippen molar-refractivity contribution in [3.8, 4) is 0 Å². The van der Waals surface area contributed by atoms with Crippen molar-refractivity contribution in [3.05, 3.63) is 33.4 Å². The summed E-state index contributed by atoms with van der Waals surface area (Å²) < 4.78 is 1.17. The SMILES string of the molecule is CC(C)[C@H](N)C(=O)N(C)Cc1ccccc1I. The molecular weight excluding hydrogens is 327 g/mol. The lowest BCUT2D eigenvalue weighted by Crippen LogP contribution is -2.44. The number of benzene rings is 1. The van der Waals surface area contributed by atoms with Crippen LogP contribution in [0.2, 0.25) is 0 Å². The molecule has 0 heterocycles. The van der Waals surface area contributed by atoms with Crippen molar-refractivity contribution in [2.24, 2.45) is 11.7 Å². The predicted molar refractivity (Wildman–Crippen MR) is 78.4 cm³/mol. The Kier molecular flexibility index (Phi) is 5.39. The van der Waals surface area contributed by atoms with Crippen LogP contribution in [0.15, 0.2) is 24.3 Å². The van der Waals surface area contributed by atoms with Crippen LogP contribution < -0.4 is 5.73 Å². The minimum Gasteiger partial charge on any atom is -0.340 e. The second-order valence-electron chi connectivity index (χ2n) is 4.56. The van der Waals surface area contributed by atoms with Gasteiger partial charge in [0, 0.05) is 17.2 Å². The fraction of sp³-hybridized carbons (Fsp3) is 0.462. The van der Waals surface area contributed by atoms with Gasteiger partial charge in [-0.2, -0.15) is 0 Å². The second kappa shape index (κ2) is 6.35. The van der Waals surface area contributed by atoms with Crippen molar-refractivity contribution in [3.63, 3.8) is 0 Å². The Morgan fingerprint density at radius 2 is 2.00 bits per heavy atom. The van der Waals surface area contributed by atoms with E-state index in [0.29, 0.717) is 6.54 Å². The van der Waals surface area contributed by atoms with Gasteiger partial charge < -0.3 is 10.6 Å². The van der Waals surface area contributed by atoms with Crippen LogP contribution in [-0.2, 0) is 11.3 Å². The zero-order valence-electron chi connectivity index (χ0n) is 10.5. The first kappa shape index (κ1) is 14.4. The molecular formula is C13H19IN2O. The van der Waals surface area contributed by atoms with Crippen molar-refractivity contribution in [1.82, 2.24) is 4.90 Å². The molecule has 0 radical (unpaired) electrons. The molecule has 0 saturated carbocycles. The molecule has 0 aliphatic carbocycles. The van der Waals surface area contributed by atoms with Crippen molar-refractivity contribution in [1.29, 1.82) is 0 Å². The highest BCUT2D eigenvalue weighted by atomic mass is 127. The monoisotopic (exact) mass is 346 g/mol. The number of amides is 1. The van der Waals surface area contributed by atoms with E-state index in [1.54, 1.807) is 11.9 Å². The Bertz CT molecular complexity index is 393. The lowest BCUT2D eigenvalue weighted by atomic mass is 10.0. The number of nitrogens with two attached hydrogens (primary N) is 1. The van der Waals surface area contributed by atoms with Gasteiger partial charge in [-0.1, -0.05) is 32.0 Å². The van der Waals surface area contributed by atoms with Gasteiger partial charge in [0.1, 0.15) is 0 Å². The van der Waals surface area contributed by atoms with Gasteiger partial charge in [-0.05, 0) is 40.1 Å². The summed E-state index contributed by atoms with van der Waals surface area (Å²) in [4.78, 5) is 13.7. The van der Waals surface area contributed by atoms with Crippen LogP contribution in [0.4, 0.5) is 0 Å². The smallest absolute Gasteiger partial charge is 0.239 e. The minimum atomic E-state index is -0.415. The van der Waals surface area contributed by atoms with Gasteiger partial charge in [0.05, 0.1) is 6.04 Å². The first-order valence-corrected chi connectivity index (χ1v) is 6.75. The van der Waals surface area contributed by atoms with Crippen molar-refractivity contribution in [2.75, 3.05) is 7.05 Å². The Hall–Kier alpha value is -0.620. The largest absolute Gasteiger partial charge is 0.340 e. The molecule has 0 spiro atoms. The van der Waals surface area contributed by atoms with Crippen LogP contribution >= 0.6 is 22.6 Å².